The van der Waals surface area contributed by atoms with Crippen molar-refractivity contribution in [2.24, 2.45) is 0 Å². The minimum Gasteiger partial charge on any atom is -0.493 e. The van der Waals surface area contributed by atoms with Gasteiger partial charge in [0.05, 0.1) is 26.9 Å². The van der Waals surface area contributed by atoms with Crippen molar-refractivity contribution in [3.05, 3.63) is 18.2 Å². The van der Waals surface area contributed by atoms with Crippen LogP contribution in [0.5, 0.6) is 17.2 Å². The van der Waals surface area contributed by atoms with E-state index in [2.05, 4.69) is 0 Å². The summed E-state index contributed by atoms with van der Waals surface area (Å²) in [5, 5.41) is 51.4. The third-order valence-electron chi connectivity index (χ3n) is 5.78. The van der Waals surface area contributed by atoms with Gasteiger partial charge in [0.25, 0.3) is 0 Å². The van der Waals surface area contributed by atoms with Gasteiger partial charge in [-0.1, -0.05) is 0 Å². The number of aliphatic hydroxyl groups is 5. The molecule has 10 atom stereocenters. The fourth-order valence-electron chi connectivity index (χ4n) is 3.86. The normalized spacial score (nSPS) is 39.2. The lowest BCUT2D eigenvalue weighted by molar-refractivity contribution is -0.355. The maximum atomic E-state index is 10.7. The molecule has 2 aliphatic rings. The minimum atomic E-state index is -1.57. The second kappa shape index (κ2) is 11.1. The summed E-state index contributed by atoms with van der Waals surface area (Å²) in [6.45, 7) is 0.981. The zero-order chi connectivity index (χ0) is 24.3. The van der Waals surface area contributed by atoms with Crippen molar-refractivity contribution in [3.8, 4) is 17.2 Å². The number of ether oxygens (including phenoxy) is 7. The largest absolute Gasteiger partial charge is 0.493 e. The lowest BCUT2D eigenvalue weighted by Crippen LogP contribution is -2.64. The Hall–Kier alpha value is -1.74. The van der Waals surface area contributed by atoms with Crippen molar-refractivity contribution < 1.29 is 58.7 Å². The number of benzene rings is 1. The molecule has 33 heavy (non-hydrogen) atoms. The molecule has 12 heteroatoms. The van der Waals surface area contributed by atoms with E-state index < -0.39 is 68.0 Å². The van der Waals surface area contributed by atoms with Crippen LogP contribution in [0, 0.1) is 0 Å². The Morgan fingerprint density at radius 3 is 2.12 bits per heavy atom. The predicted octanol–water partition coefficient (Wildman–Crippen LogP) is -1.61. The molecule has 1 aromatic rings. The van der Waals surface area contributed by atoms with Crippen LogP contribution in [0.3, 0.4) is 0 Å². The highest BCUT2D eigenvalue weighted by atomic mass is 16.8. The standard InChI is InChI=1S/C21H32O12/c1-9-14(23)18(29-4)17(26)20(30-9)33-19-16(25)15(24)13(8-22)32-21(19)31-10-5-6-11(27-2)12(7-10)28-3/h5-7,9,13-26H,8H2,1-4H3/t9-,13+,14-,15+,16-,17+,18+,19+,20-,21+/m0/s1. The van der Waals surface area contributed by atoms with E-state index in [4.69, 9.17) is 33.2 Å². The summed E-state index contributed by atoms with van der Waals surface area (Å²) >= 11 is 0. The summed E-state index contributed by atoms with van der Waals surface area (Å²) < 4.78 is 38.5. The third-order valence-corrected chi connectivity index (χ3v) is 5.78. The van der Waals surface area contributed by atoms with E-state index in [1.165, 1.54) is 27.4 Å². The molecule has 1 aromatic carbocycles. The summed E-state index contributed by atoms with van der Waals surface area (Å²) in [5.41, 5.74) is 0. The zero-order valence-corrected chi connectivity index (χ0v) is 18.8. The van der Waals surface area contributed by atoms with E-state index in [9.17, 15) is 25.5 Å². The average Bonchev–Trinajstić information content (AvgIpc) is 2.82. The van der Waals surface area contributed by atoms with Crippen molar-refractivity contribution in [2.45, 2.75) is 68.3 Å². The molecule has 5 N–H and O–H groups in total. The molecule has 12 nitrogen and oxygen atoms in total. The summed E-state index contributed by atoms with van der Waals surface area (Å²) in [6.07, 6.45) is -12.5. The van der Waals surface area contributed by atoms with E-state index in [-0.39, 0.29) is 5.75 Å². The number of methoxy groups -OCH3 is 3. The lowest BCUT2D eigenvalue weighted by atomic mass is 9.97. The molecule has 0 spiro atoms. The Bertz CT molecular complexity index is 763. The zero-order valence-electron chi connectivity index (χ0n) is 18.8. The van der Waals surface area contributed by atoms with Crippen LogP contribution >= 0.6 is 0 Å². The molecular weight excluding hydrogens is 444 g/mol. The third kappa shape index (κ3) is 5.34. The van der Waals surface area contributed by atoms with Gasteiger partial charge in [0, 0.05) is 13.2 Å². The van der Waals surface area contributed by atoms with Crippen LogP contribution in [0.2, 0.25) is 0 Å². The van der Waals surface area contributed by atoms with E-state index in [0.29, 0.717) is 11.5 Å². The Kier molecular flexibility index (Phi) is 8.72. The lowest BCUT2D eigenvalue weighted by Gasteiger charge is -2.46. The topological polar surface area (TPSA) is 166 Å². The van der Waals surface area contributed by atoms with Crippen LogP contribution in [0.1, 0.15) is 6.92 Å². The van der Waals surface area contributed by atoms with Gasteiger partial charge in [0.15, 0.2) is 23.9 Å². The molecule has 2 saturated heterocycles. The van der Waals surface area contributed by atoms with Crippen molar-refractivity contribution in [2.75, 3.05) is 27.9 Å². The van der Waals surface area contributed by atoms with Gasteiger partial charge in [0.2, 0.25) is 6.29 Å². The maximum absolute atomic E-state index is 10.7. The number of rotatable bonds is 8. The molecule has 0 aliphatic carbocycles. The first kappa shape index (κ1) is 25.9. The molecule has 0 unspecified atom stereocenters. The van der Waals surface area contributed by atoms with Crippen LogP contribution in [-0.2, 0) is 18.9 Å². The van der Waals surface area contributed by atoms with Crippen LogP contribution in [0.25, 0.3) is 0 Å². The molecule has 0 bridgehead atoms. The minimum absolute atomic E-state index is 0.259. The number of hydrogen-bond donors (Lipinski definition) is 5. The van der Waals surface area contributed by atoms with Gasteiger partial charge >= 0.3 is 0 Å². The average molecular weight is 476 g/mol. The molecule has 0 aromatic heterocycles. The van der Waals surface area contributed by atoms with Gasteiger partial charge in [-0.05, 0) is 19.1 Å². The monoisotopic (exact) mass is 476 g/mol. The Labute approximate surface area is 191 Å². The highest BCUT2D eigenvalue weighted by Gasteiger charge is 2.51. The molecule has 188 valence electrons. The highest BCUT2D eigenvalue weighted by molar-refractivity contribution is 5.45. The molecule has 3 rings (SSSR count). The van der Waals surface area contributed by atoms with Gasteiger partial charge in [-0.3, -0.25) is 0 Å². The van der Waals surface area contributed by atoms with Crippen molar-refractivity contribution in [1.82, 2.24) is 0 Å². The smallest absolute Gasteiger partial charge is 0.229 e. The van der Waals surface area contributed by atoms with Gasteiger partial charge in [-0.15, -0.1) is 0 Å². The van der Waals surface area contributed by atoms with Crippen molar-refractivity contribution >= 4 is 0 Å². The van der Waals surface area contributed by atoms with Gasteiger partial charge in [-0.25, -0.2) is 0 Å². The quantitative estimate of drug-likeness (QED) is 0.292. The van der Waals surface area contributed by atoms with E-state index >= 15 is 0 Å². The first-order valence-corrected chi connectivity index (χ1v) is 10.5. The van der Waals surface area contributed by atoms with Crippen molar-refractivity contribution in [3.63, 3.8) is 0 Å². The number of aliphatic hydroxyl groups excluding tert-OH is 5. The molecular formula is C21H32O12. The maximum Gasteiger partial charge on any atom is 0.229 e. The fraction of sp³-hybridized carbons (Fsp3) is 0.714. The van der Waals surface area contributed by atoms with Crippen LogP contribution in [0.4, 0.5) is 0 Å². The van der Waals surface area contributed by atoms with E-state index in [0.717, 1.165) is 0 Å². The highest BCUT2D eigenvalue weighted by Crippen LogP contribution is 2.34. The molecule has 2 aliphatic heterocycles. The van der Waals surface area contributed by atoms with E-state index in [1.807, 2.05) is 0 Å². The number of hydrogen-bond acceptors (Lipinski definition) is 12. The van der Waals surface area contributed by atoms with Crippen molar-refractivity contribution in [1.29, 1.82) is 0 Å². The van der Waals surface area contributed by atoms with Gasteiger partial charge < -0.3 is 58.7 Å². The summed E-state index contributed by atoms with van der Waals surface area (Å²) in [7, 11) is 4.26. The molecule has 0 saturated carbocycles. The molecule has 0 amide bonds. The van der Waals surface area contributed by atoms with Gasteiger partial charge in [-0.2, -0.15) is 0 Å². The summed E-state index contributed by atoms with van der Waals surface area (Å²) in [4.78, 5) is 0. The second-order valence-electron chi connectivity index (χ2n) is 7.83. The molecule has 2 heterocycles. The molecule has 0 radical (unpaired) electrons. The Morgan fingerprint density at radius 2 is 1.52 bits per heavy atom. The predicted molar refractivity (Wildman–Crippen MR) is 110 cm³/mol. The summed E-state index contributed by atoms with van der Waals surface area (Å²) in [6, 6.07) is 4.69. The van der Waals surface area contributed by atoms with Gasteiger partial charge in [0.1, 0.15) is 42.4 Å². The van der Waals surface area contributed by atoms with Crippen LogP contribution in [-0.4, -0.2) is 115 Å². The fourth-order valence-corrected chi connectivity index (χ4v) is 3.86. The first-order chi connectivity index (χ1) is 15.7. The SMILES string of the molecule is COc1ccc(O[C@@H]2O[C@H](CO)[C@@H](O)[C@H](O)[C@H]2O[C@@H]2O[C@@H](C)[C@H](O)[C@@H](OC)[C@H]2O)cc1OC. The first-order valence-electron chi connectivity index (χ1n) is 10.5. The summed E-state index contributed by atoms with van der Waals surface area (Å²) in [5.74, 6) is 1.09. The Balaban J connectivity index is 1.85. The van der Waals surface area contributed by atoms with E-state index in [1.54, 1.807) is 19.1 Å². The van der Waals surface area contributed by atoms with Crippen LogP contribution < -0.4 is 14.2 Å². The van der Waals surface area contributed by atoms with Crippen LogP contribution in [0.15, 0.2) is 18.2 Å². The second-order valence-corrected chi connectivity index (χ2v) is 7.83. The Morgan fingerprint density at radius 1 is 0.818 bits per heavy atom. The molecule has 2 fully saturated rings.